The summed E-state index contributed by atoms with van der Waals surface area (Å²) in [6.45, 7) is 3.68. The number of amides is 1. The second kappa shape index (κ2) is 8.76. The van der Waals surface area contributed by atoms with Crippen LogP contribution < -0.4 is 10.1 Å². The summed E-state index contributed by atoms with van der Waals surface area (Å²) in [7, 11) is 0. The van der Waals surface area contributed by atoms with E-state index in [-0.39, 0.29) is 17.1 Å². The molecule has 0 spiro atoms. The number of rotatable bonds is 7. The first-order valence-corrected chi connectivity index (χ1v) is 11.4. The van der Waals surface area contributed by atoms with Gasteiger partial charge in [0.15, 0.2) is 11.6 Å². The Hall–Kier alpha value is -3.81. The molecule has 35 heavy (non-hydrogen) atoms. The van der Waals surface area contributed by atoms with Crippen molar-refractivity contribution in [2.75, 3.05) is 0 Å². The Balaban J connectivity index is 1.44. The summed E-state index contributed by atoms with van der Waals surface area (Å²) in [5.74, 6) is -1.88. The van der Waals surface area contributed by atoms with E-state index in [1.807, 2.05) is 13.0 Å². The summed E-state index contributed by atoms with van der Waals surface area (Å²) >= 11 is 0. The molecule has 0 bridgehead atoms. The van der Waals surface area contributed by atoms with E-state index in [2.05, 4.69) is 10.4 Å². The second-order valence-corrected chi connectivity index (χ2v) is 9.29. The highest BCUT2D eigenvalue weighted by Gasteiger charge is 2.45. The fourth-order valence-corrected chi connectivity index (χ4v) is 4.04. The van der Waals surface area contributed by atoms with Crippen LogP contribution in [-0.4, -0.2) is 21.7 Å². The zero-order valence-corrected chi connectivity index (χ0v) is 19.3. The molecule has 1 aliphatic rings. The molecule has 1 heterocycles. The average Bonchev–Trinajstić information content (AvgIpc) is 3.46. The SMILES string of the molecule is C[C@H](NC(=O)C1(C)CC1)[C@@H](Oc1ccc2c(cnn2-c2ccc(F)cc2)c1)c1ccc(F)c(F)c1. The molecule has 1 amide bonds. The number of ether oxygens (including phenoxy) is 1. The lowest BCUT2D eigenvalue weighted by atomic mass is 10.0. The highest BCUT2D eigenvalue weighted by atomic mass is 19.2. The lowest BCUT2D eigenvalue weighted by molar-refractivity contribution is -0.127. The minimum atomic E-state index is -0.986. The fourth-order valence-electron chi connectivity index (χ4n) is 4.04. The predicted octanol–water partition coefficient (Wildman–Crippen LogP) is 5.87. The van der Waals surface area contributed by atoms with Gasteiger partial charge >= 0.3 is 0 Å². The monoisotopic (exact) mass is 479 g/mol. The third kappa shape index (κ3) is 4.60. The van der Waals surface area contributed by atoms with Gasteiger partial charge in [-0.2, -0.15) is 5.10 Å². The number of carbonyl (C=O) groups excluding carboxylic acids is 1. The fraction of sp³-hybridized carbons (Fsp3) is 0.259. The van der Waals surface area contributed by atoms with E-state index in [4.69, 9.17) is 4.74 Å². The minimum Gasteiger partial charge on any atom is -0.484 e. The van der Waals surface area contributed by atoms with Crippen molar-refractivity contribution in [2.24, 2.45) is 5.41 Å². The molecule has 1 fully saturated rings. The number of fused-ring (bicyclic) bond motifs is 1. The van der Waals surface area contributed by atoms with Crippen LogP contribution in [0.15, 0.2) is 66.9 Å². The molecule has 3 aromatic carbocycles. The van der Waals surface area contributed by atoms with Crippen molar-refractivity contribution in [3.05, 3.63) is 89.9 Å². The van der Waals surface area contributed by atoms with Gasteiger partial charge in [0.25, 0.3) is 0 Å². The third-order valence-corrected chi connectivity index (χ3v) is 6.51. The number of aromatic nitrogens is 2. The topological polar surface area (TPSA) is 56.1 Å². The summed E-state index contributed by atoms with van der Waals surface area (Å²) in [6.07, 6.45) is 2.53. The van der Waals surface area contributed by atoms with Crippen molar-refractivity contribution in [1.82, 2.24) is 15.1 Å². The molecule has 1 N–H and O–H groups in total. The van der Waals surface area contributed by atoms with Crippen LogP contribution >= 0.6 is 0 Å². The molecule has 8 heteroatoms. The Morgan fingerprint density at radius 1 is 1.03 bits per heavy atom. The van der Waals surface area contributed by atoms with Crippen LogP contribution in [0.3, 0.4) is 0 Å². The number of halogens is 3. The maximum Gasteiger partial charge on any atom is 0.226 e. The van der Waals surface area contributed by atoms with E-state index >= 15 is 0 Å². The number of benzene rings is 3. The van der Waals surface area contributed by atoms with Crippen LogP contribution in [-0.2, 0) is 4.79 Å². The largest absolute Gasteiger partial charge is 0.484 e. The highest BCUT2D eigenvalue weighted by Crippen LogP contribution is 2.45. The van der Waals surface area contributed by atoms with E-state index in [0.717, 1.165) is 35.9 Å². The lowest BCUT2D eigenvalue weighted by Crippen LogP contribution is -2.42. The summed E-state index contributed by atoms with van der Waals surface area (Å²) in [6, 6.07) is 14.4. The maximum atomic E-state index is 14.0. The zero-order chi connectivity index (χ0) is 24.7. The van der Waals surface area contributed by atoms with Crippen LogP contribution in [0.1, 0.15) is 38.4 Å². The van der Waals surface area contributed by atoms with Gasteiger partial charge in [-0.15, -0.1) is 0 Å². The molecule has 1 aliphatic carbocycles. The highest BCUT2D eigenvalue weighted by molar-refractivity contribution is 5.85. The number of nitrogens with one attached hydrogen (secondary N) is 1. The molecule has 4 aromatic rings. The molecule has 1 aromatic heterocycles. The van der Waals surface area contributed by atoms with Gasteiger partial charge in [-0.1, -0.05) is 13.0 Å². The first-order chi connectivity index (χ1) is 16.7. The summed E-state index contributed by atoms with van der Waals surface area (Å²) in [5.41, 5.74) is 1.51. The lowest BCUT2D eigenvalue weighted by Gasteiger charge is -2.27. The first kappa shape index (κ1) is 23.0. The van der Waals surface area contributed by atoms with E-state index < -0.39 is 23.8 Å². The molecule has 0 radical (unpaired) electrons. The van der Waals surface area contributed by atoms with Gasteiger partial charge in [-0.05, 0) is 79.9 Å². The molecule has 180 valence electrons. The van der Waals surface area contributed by atoms with Crippen molar-refractivity contribution >= 4 is 16.8 Å². The molecule has 0 aliphatic heterocycles. The van der Waals surface area contributed by atoms with Gasteiger partial charge in [0.2, 0.25) is 5.91 Å². The van der Waals surface area contributed by atoms with Crippen molar-refractivity contribution in [2.45, 2.75) is 38.8 Å². The smallest absolute Gasteiger partial charge is 0.226 e. The van der Waals surface area contributed by atoms with Crippen molar-refractivity contribution in [3.8, 4) is 11.4 Å². The number of hydrogen-bond acceptors (Lipinski definition) is 3. The number of hydrogen-bond donors (Lipinski definition) is 1. The maximum absolute atomic E-state index is 14.0. The van der Waals surface area contributed by atoms with Gasteiger partial charge in [0.05, 0.1) is 23.4 Å². The van der Waals surface area contributed by atoms with E-state index in [0.29, 0.717) is 17.0 Å². The average molecular weight is 480 g/mol. The van der Waals surface area contributed by atoms with Crippen molar-refractivity contribution in [1.29, 1.82) is 0 Å². The Bertz CT molecular complexity index is 1400. The Morgan fingerprint density at radius 3 is 2.46 bits per heavy atom. The molecule has 0 saturated heterocycles. The Kier molecular flexibility index (Phi) is 5.75. The van der Waals surface area contributed by atoms with Gasteiger partial charge in [0.1, 0.15) is 17.7 Å². The minimum absolute atomic E-state index is 0.0859. The van der Waals surface area contributed by atoms with Crippen LogP contribution in [0.25, 0.3) is 16.6 Å². The van der Waals surface area contributed by atoms with Crippen LogP contribution in [0, 0.1) is 22.9 Å². The third-order valence-electron chi connectivity index (χ3n) is 6.51. The van der Waals surface area contributed by atoms with Gasteiger partial charge in [0, 0.05) is 10.8 Å². The van der Waals surface area contributed by atoms with Gasteiger partial charge in [-0.25, -0.2) is 17.9 Å². The molecule has 1 saturated carbocycles. The summed E-state index contributed by atoms with van der Waals surface area (Å²) in [5, 5.41) is 8.15. The van der Waals surface area contributed by atoms with Crippen LogP contribution in [0.2, 0.25) is 0 Å². The number of carbonyl (C=O) groups is 1. The summed E-state index contributed by atoms with van der Waals surface area (Å²) in [4.78, 5) is 12.6. The first-order valence-electron chi connectivity index (χ1n) is 11.4. The molecule has 5 rings (SSSR count). The van der Waals surface area contributed by atoms with Crippen LogP contribution in [0.4, 0.5) is 13.2 Å². The zero-order valence-electron chi connectivity index (χ0n) is 19.3. The second-order valence-electron chi connectivity index (χ2n) is 9.29. The van der Waals surface area contributed by atoms with E-state index in [1.165, 1.54) is 18.2 Å². The molecule has 0 unspecified atom stereocenters. The van der Waals surface area contributed by atoms with E-state index in [1.54, 1.807) is 42.1 Å². The number of nitrogens with zero attached hydrogens (tertiary/aromatic N) is 2. The predicted molar refractivity (Wildman–Crippen MR) is 126 cm³/mol. The standard InChI is InChI=1S/C27H24F3N3O2/c1-16(32-26(34)27(2)11-12-27)25(17-3-9-22(29)23(30)14-17)35-21-8-10-24-18(13-21)15-31-33(24)20-6-4-19(28)5-7-20/h3-10,13-16,25H,11-12H2,1-2H3,(H,32,34)/t16-,25+/m0/s1. The van der Waals surface area contributed by atoms with Crippen molar-refractivity contribution < 1.29 is 22.7 Å². The molecular formula is C27H24F3N3O2. The van der Waals surface area contributed by atoms with Gasteiger partial charge < -0.3 is 10.1 Å². The Morgan fingerprint density at radius 2 is 1.77 bits per heavy atom. The molecule has 5 nitrogen and oxygen atoms in total. The van der Waals surface area contributed by atoms with Gasteiger partial charge in [-0.3, -0.25) is 4.79 Å². The normalized spacial score (nSPS) is 16.0. The quantitative estimate of drug-likeness (QED) is 0.361. The van der Waals surface area contributed by atoms with Crippen LogP contribution in [0.5, 0.6) is 5.75 Å². The Labute approximate surface area is 200 Å². The summed E-state index contributed by atoms with van der Waals surface area (Å²) < 4.78 is 48.9. The molecular weight excluding hydrogens is 455 g/mol. The molecule has 2 atom stereocenters. The van der Waals surface area contributed by atoms with Crippen molar-refractivity contribution in [3.63, 3.8) is 0 Å². The van der Waals surface area contributed by atoms with E-state index in [9.17, 15) is 18.0 Å².